The van der Waals surface area contributed by atoms with Gasteiger partial charge in [0.1, 0.15) is 0 Å². The molecule has 1 fully saturated rings. The Morgan fingerprint density at radius 2 is 2.24 bits per heavy atom. The second-order valence-electron chi connectivity index (χ2n) is 5.00. The van der Waals surface area contributed by atoms with Gasteiger partial charge < -0.3 is 15.1 Å². The van der Waals surface area contributed by atoms with E-state index in [1.807, 2.05) is 13.0 Å². The second kappa shape index (κ2) is 5.02. The van der Waals surface area contributed by atoms with Crippen molar-refractivity contribution in [3.05, 3.63) is 24.0 Å². The first-order valence-corrected chi connectivity index (χ1v) is 6.13. The summed E-state index contributed by atoms with van der Waals surface area (Å²) in [4.78, 5) is 6.33. The molecule has 0 saturated carbocycles. The first-order valence-electron chi connectivity index (χ1n) is 6.13. The van der Waals surface area contributed by atoms with E-state index in [2.05, 4.69) is 9.88 Å². The molecule has 0 bridgehead atoms. The molecule has 1 aromatic rings. The largest absolute Gasteiger partial charge is 0.392 e. The molecule has 1 unspecified atom stereocenters. The number of nitrogens with zero attached hydrogens (tertiary/aromatic N) is 2. The number of hydrogen-bond donors (Lipinski definition) is 2. The minimum atomic E-state index is -0.559. The molecule has 1 aliphatic rings. The molecule has 17 heavy (non-hydrogen) atoms. The van der Waals surface area contributed by atoms with Crippen LogP contribution in [0.25, 0.3) is 0 Å². The zero-order valence-electron chi connectivity index (χ0n) is 10.3. The standard InChI is InChI=1S/C13H20N2O2/c1-13(17)4-2-7-15(8-5-13)12-9-14-6-3-11(12)10-16/h3,6,9,16-17H,2,4-5,7-8,10H2,1H3. The van der Waals surface area contributed by atoms with Gasteiger partial charge in [0.05, 0.1) is 24.1 Å². The van der Waals surface area contributed by atoms with E-state index in [1.54, 1.807) is 12.4 Å². The van der Waals surface area contributed by atoms with Gasteiger partial charge in [-0.15, -0.1) is 0 Å². The van der Waals surface area contributed by atoms with E-state index in [1.165, 1.54) is 0 Å². The molecule has 0 amide bonds. The van der Waals surface area contributed by atoms with Crippen molar-refractivity contribution in [3.8, 4) is 0 Å². The topological polar surface area (TPSA) is 56.6 Å². The predicted molar refractivity (Wildman–Crippen MR) is 66.8 cm³/mol. The van der Waals surface area contributed by atoms with Crippen molar-refractivity contribution in [2.45, 2.75) is 38.4 Å². The molecule has 1 atom stereocenters. The fourth-order valence-electron chi connectivity index (χ4n) is 2.34. The van der Waals surface area contributed by atoms with Gasteiger partial charge in [0, 0.05) is 24.8 Å². The summed E-state index contributed by atoms with van der Waals surface area (Å²) in [5.41, 5.74) is 1.34. The van der Waals surface area contributed by atoms with E-state index < -0.39 is 5.60 Å². The highest BCUT2D eigenvalue weighted by atomic mass is 16.3. The van der Waals surface area contributed by atoms with Crippen LogP contribution in [0.2, 0.25) is 0 Å². The van der Waals surface area contributed by atoms with Gasteiger partial charge in [-0.1, -0.05) is 0 Å². The van der Waals surface area contributed by atoms with Crippen LogP contribution in [0.1, 0.15) is 31.7 Å². The summed E-state index contributed by atoms with van der Waals surface area (Å²) in [6.45, 7) is 3.65. The molecule has 2 N–H and O–H groups in total. The smallest absolute Gasteiger partial charge is 0.0703 e. The van der Waals surface area contributed by atoms with Gasteiger partial charge in [0.2, 0.25) is 0 Å². The Morgan fingerprint density at radius 1 is 1.41 bits per heavy atom. The third kappa shape index (κ3) is 2.96. The summed E-state index contributed by atoms with van der Waals surface area (Å²) in [5, 5.41) is 19.4. The first-order chi connectivity index (χ1) is 8.12. The molecule has 2 heterocycles. The molecule has 94 valence electrons. The lowest BCUT2D eigenvalue weighted by atomic mass is 9.98. The van der Waals surface area contributed by atoms with Gasteiger partial charge >= 0.3 is 0 Å². The Morgan fingerprint density at radius 3 is 3.00 bits per heavy atom. The average molecular weight is 236 g/mol. The van der Waals surface area contributed by atoms with E-state index in [-0.39, 0.29) is 6.61 Å². The maximum atomic E-state index is 10.1. The van der Waals surface area contributed by atoms with E-state index in [0.29, 0.717) is 0 Å². The minimum Gasteiger partial charge on any atom is -0.392 e. The Bertz CT molecular complexity index is 379. The lowest BCUT2D eigenvalue weighted by Gasteiger charge is -2.25. The van der Waals surface area contributed by atoms with Crippen LogP contribution in [0.3, 0.4) is 0 Å². The van der Waals surface area contributed by atoms with Gasteiger partial charge in [0.15, 0.2) is 0 Å². The zero-order chi connectivity index (χ0) is 12.3. The SMILES string of the molecule is CC1(O)CCCN(c2cnccc2CO)CC1. The lowest BCUT2D eigenvalue weighted by Crippen LogP contribution is -2.29. The highest BCUT2D eigenvalue weighted by Crippen LogP contribution is 2.26. The van der Waals surface area contributed by atoms with Gasteiger partial charge in [0.25, 0.3) is 0 Å². The van der Waals surface area contributed by atoms with Crippen LogP contribution in [0.5, 0.6) is 0 Å². The van der Waals surface area contributed by atoms with Crippen LogP contribution < -0.4 is 4.90 Å². The number of aliphatic hydroxyl groups is 2. The Kier molecular flexibility index (Phi) is 3.64. The molecular formula is C13H20N2O2. The second-order valence-corrected chi connectivity index (χ2v) is 5.00. The first kappa shape index (κ1) is 12.3. The molecule has 4 heteroatoms. The number of aliphatic hydroxyl groups excluding tert-OH is 1. The summed E-state index contributed by atoms with van der Waals surface area (Å²) in [5.74, 6) is 0. The molecule has 1 aromatic heterocycles. The van der Waals surface area contributed by atoms with Crippen molar-refractivity contribution < 1.29 is 10.2 Å². The third-order valence-corrected chi connectivity index (χ3v) is 3.46. The number of anilines is 1. The molecule has 1 saturated heterocycles. The molecule has 4 nitrogen and oxygen atoms in total. The molecular weight excluding hydrogens is 216 g/mol. The van der Waals surface area contributed by atoms with Crippen molar-refractivity contribution in [2.75, 3.05) is 18.0 Å². The summed E-state index contributed by atoms with van der Waals surface area (Å²) >= 11 is 0. The number of rotatable bonds is 2. The fourth-order valence-corrected chi connectivity index (χ4v) is 2.34. The van der Waals surface area contributed by atoms with Crippen LogP contribution >= 0.6 is 0 Å². The average Bonchev–Trinajstić information content (AvgIpc) is 2.50. The van der Waals surface area contributed by atoms with Crippen LogP contribution in [0, 0.1) is 0 Å². The van der Waals surface area contributed by atoms with Crippen LogP contribution in [0.15, 0.2) is 18.5 Å². The number of hydrogen-bond acceptors (Lipinski definition) is 4. The van der Waals surface area contributed by atoms with E-state index in [9.17, 15) is 10.2 Å². The molecule has 0 aromatic carbocycles. The minimum absolute atomic E-state index is 0.0325. The maximum Gasteiger partial charge on any atom is 0.0703 e. The summed E-state index contributed by atoms with van der Waals surface area (Å²) in [6.07, 6.45) is 6.05. The van der Waals surface area contributed by atoms with Crippen molar-refractivity contribution in [1.29, 1.82) is 0 Å². The van der Waals surface area contributed by atoms with Crippen molar-refractivity contribution in [2.24, 2.45) is 0 Å². The summed E-state index contributed by atoms with van der Waals surface area (Å²) in [7, 11) is 0. The van der Waals surface area contributed by atoms with Crippen LogP contribution in [0.4, 0.5) is 5.69 Å². The molecule has 0 aliphatic carbocycles. The highest BCUT2D eigenvalue weighted by Gasteiger charge is 2.25. The van der Waals surface area contributed by atoms with E-state index in [0.717, 1.165) is 43.6 Å². The normalized spacial score (nSPS) is 25.7. The van der Waals surface area contributed by atoms with Gasteiger partial charge in [-0.2, -0.15) is 0 Å². The highest BCUT2D eigenvalue weighted by molar-refractivity contribution is 5.51. The quantitative estimate of drug-likeness (QED) is 0.813. The Balaban J connectivity index is 2.17. The van der Waals surface area contributed by atoms with E-state index >= 15 is 0 Å². The Hall–Kier alpha value is -1.13. The van der Waals surface area contributed by atoms with Crippen LogP contribution in [-0.4, -0.2) is 33.9 Å². The molecule has 0 radical (unpaired) electrons. The van der Waals surface area contributed by atoms with E-state index in [4.69, 9.17) is 0 Å². The summed E-state index contributed by atoms with van der Waals surface area (Å²) < 4.78 is 0. The van der Waals surface area contributed by atoms with Crippen molar-refractivity contribution in [3.63, 3.8) is 0 Å². The van der Waals surface area contributed by atoms with Crippen molar-refractivity contribution >= 4 is 5.69 Å². The maximum absolute atomic E-state index is 10.1. The molecule has 2 rings (SSSR count). The summed E-state index contributed by atoms with van der Waals surface area (Å²) in [6, 6.07) is 1.85. The van der Waals surface area contributed by atoms with Gasteiger partial charge in [-0.25, -0.2) is 0 Å². The van der Waals surface area contributed by atoms with Crippen molar-refractivity contribution in [1.82, 2.24) is 4.98 Å². The third-order valence-electron chi connectivity index (χ3n) is 3.46. The predicted octanol–water partition coefficient (Wildman–Crippen LogP) is 1.32. The number of aromatic nitrogens is 1. The number of pyridine rings is 1. The lowest BCUT2D eigenvalue weighted by molar-refractivity contribution is 0.0481. The monoisotopic (exact) mass is 236 g/mol. The molecule has 0 spiro atoms. The zero-order valence-corrected chi connectivity index (χ0v) is 10.3. The molecule has 1 aliphatic heterocycles. The van der Waals surface area contributed by atoms with Gasteiger partial charge in [-0.05, 0) is 32.3 Å². The Labute approximate surface area is 102 Å². The fraction of sp³-hybridized carbons (Fsp3) is 0.615. The van der Waals surface area contributed by atoms with Crippen LogP contribution in [-0.2, 0) is 6.61 Å². The van der Waals surface area contributed by atoms with Gasteiger partial charge in [-0.3, -0.25) is 4.98 Å².